The van der Waals surface area contributed by atoms with Crippen LogP contribution in [0.2, 0.25) is 0 Å². The van der Waals surface area contributed by atoms with E-state index in [4.69, 9.17) is 0 Å². The Bertz CT molecular complexity index is 347. The summed E-state index contributed by atoms with van der Waals surface area (Å²) in [5.74, 6) is -1.31. The molecule has 0 aliphatic heterocycles. The average Bonchev–Trinajstić information content (AvgIpc) is 2.48. The molecule has 0 rings (SSSR count). The Hall–Kier alpha value is -0.0136. The van der Waals surface area contributed by atoms with Gasteiger partial charge in [0.1, 0.15) is 0 Å². The summed E-state index contributed by atoms with van der Waals surface area (Å²) in [5.41, 5.74) is 0. The van der Waals surface area contributed by atoms with Gasteiger partial charge in [0.2, 0.25) is 0 Å². The monoisotopic (exact) mass is 338 g/mol. The molecule has 0 atom stereocenters. The molecule has 0 amide bonds. The van der Waals surface area contributed by atoms with Crippen LogP contribution in [0.1, 0.15) is 65.6 Å². The zero-order chi connectivity index (χ0) is 15.9. The summed E-state index contributed by atoms with van der Waals surface area (Å²) in [4.78, 5) is 32.8. The Balaban J connectivity index is -0.00000200. The van der Waals surface area contributed by atoms with Crippen LogP contribution in [0, 0.1) is 0 Å². The standard InChI is InChI=1S/C16H26O5.K.H/c1-3-14(17)21-16(19)13-11-9-7-5-4-6-8-10-12-15(18)20-2;;/h3H,1,4-13H2,2H3;;/q;+1;-1. The molecule has 0 aromatic rings. The van der Waals surface area contributed by atoms with Gasteiger partial charge in [-0.15, -0.1) is 0 Å². The van der Waals surface area contributed by atoms with E-state index in [2.05, 4.69) is 16.1 Å². The molecule has 0 aliphatic carbocycles. The fourth-order valence-electron chi connectivity index (χ4n) is 1.91. The van der Waals surface area contributed by atoms with Crippen molar-refractivity contribution in [3.63, 3.8) is 0 Å². The van der Waals surface area contributed by atoms with E-state index in [0.29, 0.717) is 6.42 Å². The second-order valence-corrected chi connectivity index (χ2v) is 4.90. The molecular weight excluding hydrogens is 311 g/mol. The van der Waals surface area contributed by atoms with Crippen LogP contribution in [-0.4, -0.2) is 25.0 Å². The van der Waals surface area contributed by atoms with Gasteiger partial charge in [0, 0.05) is 18.9 Å². The predicted octanol–water partition coefficient (Wildman–Crippen LogP) is 0.433. The van der Waals surface area contributed by atoms with Crippen molar-refractivity contribution in [1.29, 1.82) is 0 Å². The van der Waals surface area contributed by atoms with Gasteiger partial charge in [0.25, 0.3) is 0 Å². The molecule has 0 radical (unpaired) electrons. The van der Waals surface area contributed by atoms with Gasteiger partial charge >= 0.3 is 69.3 Å². The van der Waals surface area contributed by atoms with E-state index in [0.717, 1.165) is 57.4 Å². The largest absolute Gasteiger partial charge is 1.00 e. The Morgan fingerprint density at radius 1 is 0.864 bits per heavy atom. The number of esters is 3. The first-order valence-corrected chi connectivity index (χ1v) is 7.54. The minimum absolute atomic E-state index is 0. The van der Waals surface area contributed by atoms with Crippen molar-refractivity contribution in [2.75, 3.05) is 7.11 Å². The van der Waals surface area contributed by atoms with Crippen LogP contribution in [0.25, 0.3) is 0 Å². The van der Waals surface area contributed by atoms with E-state index in [1.807, 2.05) is 0 Å². The van der Waals surface area contributed by atoms with Gasteiger partial charge < -0.3 is 10.9 Å². The van der Waals surface area contributed by atoms with Crippen molar-refractivity contribution in [3.8, 4) is 0 Å². The minimum atomic E-state index is -0.688. The minimum Gasteiger partial charge on any atom is -1.00 e. The van der Waals surface area contributed by atoms with Crippen LogP contribution in [-0.2, 0) is 23.9 Å². The van der Waals surface area contributed by atoms with Crippen LogP contribution in [0.15, 0.2) is 12.7 Å². The molecule has 0 heterocycles. The van der Waals surface area contributed by atoms with Gasteiger partial charge in [0.15, 0.2) is 0 Å². The number of hydrogen-bond donors (Lipinski definition) is 0. The third kappa shape index (κ3) is 16.4. The molecule has 0 unspecified atom stereocenters. The first-order chi connectivity index (χ1) is 10.1. The molecule has 5 nitrogen and oxygen atoms in total. The first-order valence-electron chi connectivity index (χ1n) is 7.54. The molecule has 0 N–H and O–H groups in total. The van der Waals surface area contributed by atoms with Crippen molar-refractivity contribution in [2.24, 2.45) is 0 Å². The van der Waals surface area contributed by atoms with E-state index < -0.39 is 11.9 Å². The molecule has 6 heteroatoms. The van der Waals surface area contributed by atoms with Crippen LogP contribution in [0.4, 0.5) is 0 Å². The molecule has 0 aliphatic rings. The number of carbonyl (C=O) groups excluding carboxylic acids is 3. The molecule has 0 bridgehead atoms. The Labute approximate surface area is 177 Å². The van der Waals surface area contributed by atoms with E-state index in [9.17, 15) is 14.4 Å². The van der Waals surface area contributed by atoms with Gasteiger partial charge in [-0.3, -0.25) is 9.59 Å². The normalized spacial score (nSPS) is 9.50. The summed E-state index contributed by atoms with van der Waals surface area (Å²) in [6.45, 7) is 3.23. The van der Waals surface area contributed by atoms with Crippen LogP contribution >= 0.6 is 0 Å². The molecule has 0 saturated heterocycles. The Morgan fingerprint density at radius 3 is 1.68 bits per heavy atom. The van der Waals surface area contributed by atoms with Crippen molar-refractivity contribution < 1.29 is 76.7 Å². The summed E-state index contributed by atoms with van der Waals surface area (Å²) < 4.78 is 9.04. The fraction of sp³-hybridized carbons (Fsp3) is 0.688. The third-order valence-corrected chi connectivity index (χ3v) is 3.12. The summed E-state index contributed by atoms with van der Waals surface area (Å²) in [6.07, 6.45) is 9.84. The van der Waals surface area contributed by atoms with Crippen LogP contribution in [0.3, 0.4) is 0 Å². The second kappa shape index (κ2) is 17.3. The van der Waals surface area contributed by atoms with E-state index in [-0.39, 0.29) is 65.2 Å². The van der Waals surface area contributed by atoms with Gasteiger partial charge in [-0.05, 0) is 12.8 Å². The van der Waals surface area contributed by atoms with Crippen molar-refractivity contribution in [3.05, 3.63) is 12.7 Å². The SMILES string of the molecule is C=CC(=O)OC(=O)CCCCCCCCCCC(=O)OC.[H-].[K+]. The zero-order valence-corrected chi connectivity index (χ0v) is 17.0. The van der Waals surface area contributed by atoms with Crippen molar-refractivity contribution in [1.82, 2.24) is 0 Å². The Kier molecular flexibility index (Phi) is 19.1. The molecule has 0 saturated carbocycles. The number of methoxy groups -OCH3 is 1. The topological polar surface area (TPSA) is 69.7 Å². The number of carbonyl (C=O) groups is 3. The van der Waals surface area contributed by atoms with Gasteiger partial charge in [-0.1, -0.05) is 45.1 Å². The summed E-state index contributed by atoms with van der Waals surface area (Å²) >= 11 is 0. The van der Waals surface area contributed by atoms with Gasteiger partial charge in [0.05, 0.1) is 7.11 Å². The smallest absolute Gasteiger partial charge is 1.00 e. The van der Waals surface area contributed by atoms with Crippen molar-refractivity contribution >= 4 is 17.9 Å². The average molecular weight is 338 g/mol. The maximum atomic E-state index is 11.2. The quantitative estimate of drug-likeness (QED) is 0.170. The van der Waals surface area contributed by atoms with Crippen LogP contribution < -0.4 is 51.4 Å². The number of hydrogen-bond acceptors (Lipinski definition) is 5. The van der Waals surface area contributed by atoms with Gasteiger partial charge in [-0.2, -0.15) is 0 Å². The second-order valence-electron chi connectivity index (χ2n) is 4.90. The molecular formula is C16H27KO5. The Morgan fingerprint density at radius 2 is 1.27 bits per heavy atom. The fourth-order valence-corrected chi connectivity index (χ4v) is 1.91. The molecule has 0 aromatic carbocycles. The predicted molar refractivity (Wildman–Crippen MR) is 80.6 cm³/mol. The number of ether oxygens (including phenoxy) is 2. The maximum Gasteiger partial charge on any atom is 1.00 e. The third-order valence-electron chi connectivity index (χ3n) is 3.12. The van der Waals surface area contributed by atoms with Gasteiger partial charge in [-0.25, -0.2) is 4.79 Å². The zero-order valence-electron chi connectivity index (χ0n) is 14.9. The first kappa shape index (κ1) is 24.2. The van der Waals surface area contributed by atoms with E-state index in [1.165, 1.54) is 7.11 Å². The summed E-state index contributed by atoms with van der Waals surface area (Å²) in [5, 5.41) is 0. The summed E-state index contributed by atoms with van der Waals surface area (Å²) in [7, 11) is 1.41. The summed E-state index contributed by atoms with van der Waals surface area (Å²) in [6, 6.07) is 0. The molecule has 0 aromatic heterocycles. The molecule has 0 spiro atoms. The molecule has 0 fully saturated rings. The van der Waals surface area contributed by atoms with Crippen LogP contribution in [0.5, 0.6) is 0 Å². The number of unbranched alkanes of at least 4 members (excludes halogenated alkanes) is 7. The van der Waals surface area contributed by atoms with E-state index >= 15 is 0 Å². The molecule has 122 valence electrons. The van der Waals surface area contributed by atoms with E-state index in [1.54, 1.807) is 0 Å². The number of rotatable bonds is 12. The molecule has 22 heavy (non-hydrogen) atoms. The maximum absolute atomic E-state index is 11.2. The van der Waals surface area contributed by atoms with Crippen molar-refractivity contribution in [2.45, 2.75) is 64.2 Å².